The van der Waals surface area contributed by atoms with Gasteiger partial charge in [0.05, 0.1) is 32.3 Å². The van der Waals surface area contributed by atoms with Gasteiger partial charge in [-0.05, 0) is 94.4 Å². The summed E-state index contributed by atoms with van der Waals surface area (Å²) in [5.41, 5.74) is 4.32. The van der Waals surface area contributed by atoms with Gasteiger partial charge in [0.15, 0.2) is 0 Å². The van der Waals surface area contributed by atoms with Crippen molar-refractivity contribution in [2.24, 2.45) is 0 Å². The molecule has 2 aliphatic rings. The Balaban J connectivity index is 1.04. The largest absolute Gasteiger partial charge is 0.489 e. The Labute approximate surface area is 381 Å². The number of amides is 2. The van der Waals surface area contributed by atoms with Crippen LogP contribution in [0.2, 0.25) is 10.0 Å². The number of rotatable bonds is 13. The number of fused-ring (bicyclic) bond motifs is 2. The van der Waals surface area contributed by atoms with E-state index in [9.17, 15) is 38.0 Å². The van der Waals surface area contributed by atoms with Crippen LogP contribution in [0.25, 0.3) is 11.1 Å². The molecule has 0 saturated heterocycles. The van der Waals surface area contributed by atoms with Crippen molar-refractivity contribution >= 4 is 62.4 Å². The number of anilines is 1. The molecule has 2 aliphatic heterocycles. The summed E-state index contributed by atoms with van der Waals surface area (Å²) in [4.78, 5) is 55.7. The first-order valence-corrected chi connectivity index (χ1v) is 21.9. The summed E-state index contributed by atoms with van der Waals surface area (Å²) >= 11 is 12.1. The quantitative estimate of drug-likeness (QED) is 0.0837. The maximum absolute atomic E-state index is 14.4. The van der Waals surface area contributed by atoms with Crippen LogP contribution < -0.4 is 20.1 Å². The molecule has 0 bridgehead atoms. The number of pyridine rings is 1. The van der Waals surface area contributed by atoms with E-state index in [1.165, 1.54) is 12.1 Å². The summed E-state index contributed by atoms with van der Waals surface area (Å²) in [6.07, 6.45) is -0.487. The molecule has 5 aromatic carbocycles. The zero-order valence-electron chi connectivity index (χ0n) is 33.7. The lowest BCUT2D eigenvalue weighted by Gasteiger charge is -2.36. The Hall–Kier alpha value is -7.36. The van der Waals surface area contributed by atoms with Crippen LogP contribution in [0.3, 0.4) is 0 Å². The van der Waals surface area contributed by atoms with Crippen molar-refractivity contribution in [2.45, 2.75) is 49.2 Å². The van der Waals surface area contributed by atoms with E-state index in [0.29, 0.717) is 43.6 Å². The van der Waals surface area contributed by atoms with Crippen LogP contribution in [-0.2, 0) is 50.4 Å². The molecule has 2 amide bonds. The van der Waals surface area contributed by atoms with Crippen LogP contribution in [0.15, 0.2) is 126 Å². The number of ether oxygens (including phenoxy) is 2. The average molecular weight is 935 g/mol. The standard InChI is InChI=1S/C46H34Cl2N6O10S/c47-35-16-7-28(18-36(35)48)25-63-34-14-12-31(13-15-34)42-44(56)51-37-20-32-21-40(53(24-33(32)22-41(37)64-42)65(61,62)45-39(54(59)60)2-1-17-50-45)43(55)52-38(46(57)58)19-26-3-8-29(9-4-26)30-10-5-27(23-49)6-11-30/h1-18,20,22,38,40,42H,19,21,24-25H2,(H3-,51,52,55,56,57,58,59,60)/p+1/t38-,40-,42?/m0/s1. The molecule has 328 valence electrons. The van der Waals surface area contributed by atoms with Gasteiger partial charge >= 0.3 is 11.7 Å². The fourth-order valence-electron chi connectivity index (χ4n) is 7.51. The van der Waals surface area contributed by atoms with Crippen molar-refractivity contribution in [1.82, 2.24) is 14.6 Å². The number of aromatic nitrogens is 1. The van der Waals surface area contributed by atoms with Gasteiger partial charge in [-0.3, -0.25) is 9.59 Å². The van der Waals surface area contributed by atoms with Gasteiger partial charge in [0.1, 0.15) is 30.2 Å². The number of carboxylic acids is 1. The fourth-order valence-corrected chi connectivity index (χ4v) is 9.47. The van der Waals surface area contributed by atoms with Crippen molar-refractivity contribution in [1.29, 1.82) is 5.26 Å². The predicted octanol–water partition coefficient (Wildman–Crippen LogP) is 7.31. The maximum atomic E-state index is 14.4. The molecule has 8 rings (SSSR count). The normalized spacial score (nSPS) is 16.1. The molecule has 0 fully saturated rings. The number of aliphatic carboxylic acids is 1. The molecular formula is C46H35Cl2N6O10S+. The third-order valence-corrected chi connectivity index (χ3v) is 13.4. The van der Waals surface area contributed by atoms with E-state index in [1.807, 2.05) is 0 Å². The third kappa shape index (κ3) is 9.47. The summed E-state index contributed by atoms with van der Waals surface area (Å²) in [7, 11) is -4.88. The lowest BCUT2D eigenvalue weighted by molar-refractivity contribution is -0.731. The summed E-state index contributed by atoms with van der Waals surface area (Å²) in [5.74, 6) is -2.15. The highest BCUT2D eigenvalue weighted by atomic mass is 35.5. The second-order valence-corrected chi connectivity index (χ2v) is 17.7. The van der Waals surface area contributed by atoms with Crippen LogP contribution >= 0.6 is 23.2 Å². The van der Waals surface area contributed by atoms with E-state index in [0.717, 1.165) is 33.3 Å². The number of hydrogen-bond acceptors (Lipinski definition) is 10. The van der Waals surface area contributed by atoms with Crippen molar-refractivity contribution in [2.75, 3.05) is 5.32 Å². The van der Waals surface area contributed by atoms with Crippen LogP contribution in [0, 0.1) is 16.2 Å². The van der Waals surface area contributed by atoms with Gasteiger partial charge in [-0.2, -0.15) is 9.57 Å². The molecule has 65 heavy (non-hydrogen) atoms. The number of hydrogen-bond donors (Lipinski definition) is 4. The topological polar surface area (TPSA) is 228 Å². The van der Waals surface area contributed by atoms with Gasteiger partial charge in [0.2, 0.25) is 12.0 Å². The zero-order chi connectivity index (χ0) is 46.0. The highest BCUT2D eigenvalue weighted by Crippen LogP contribution is 2.41. The summed E-state index contributed by atoms with van der Waals surface area (Å²) in [5, 5.41) is 34.5. The molecule has 6 aromatic rings. The molecule has 3 atom stereocenters. The van der Waals surface area contributed by atoms with E-state index in [1.54, 1.807) is 97.1 Å². The zero-order valence-corrected chi connectivity index (χ0v) is 36.0. The molecule has 0 saturated carbocycles. The highest BCUT2D eigenvalue weighted by molar-refractivity contribution is 7.89. The SMILES string of the molecule is N#Cc1ccc(-c2ccc(C[C@H](NC(=O)[C@@H]3Cc4cc5c(cc4CN3S(=O)(=O)c3ncccc3[N+](=O)O)OC(c3ccc(OCc4ccc(Cl)c(Cl)c4)cc3)C(=O)N5)C(=O)O)cc2)cc1. The van der Waals surface area contributed by atoms with Crippen LogP contribution in [0.5, 0.6) is 11.5 Å². The lowest BCUT2D eigenvalue weighted by Crippen LogP contribution is -2.56. The molecule has 0 aliphatic carbocycles. The van der Waals surface area contributed by atoms with Crippen LogP contribution in [-0.4, -0.2) is 62.8 Å². The van der Waals surface area contributed by atoms with Gasteiger partial charge < -0.3 is 25.2 Å². The second-order valence-electron chi connectivity index (χ2n) is 15.1. The molecule has 4 N–H and O–H groups in total. The number of halogens is 2. The number of sulfonamides is 1. The molecular weight excluding hydrogens is 900 g/mol. The Kier molecular flexibility index (Phi) is 12.5. The highest BCUT2D eigenvalue weighted by Gasteiger charge is 2.45. The molecule has 1 unspecified atom stereocenters. The fraction of sp³-hybridized carbons (Fsp3) is 0.152. The molecule has 3 heterocycles. The molecule has 0 spiro atoms. The van der Waals surface area contributed by atoms with Crippen molar-refractivity contribution < 1.29 is 47.5 Å². The van der Waals surface area contributed by atoms with E-state index in [2.05, 4.69) is 21.7 Å². The van der Waals surface area contributed by atoms with E-state index >= 15 is 0 Å². The van der Waals surface area contributed by atoms with Gasteiger partial charge in [-0.25, -0.2) is 23.4 Å². The Morgan fingerprint density at radius 1 is 0.954 bits per heavy atom. The first-order chi connectivity index (χ1) is 31.2. The van der Waals surface area contributed by atoms with Crippen molar-refractivity contribution in [3.8, 4) is 28.7 Å². The monoisotopic (exact) mass is 933 g/mol. The molecule has 16 nitrogen and oxygen atoms in total. The molecule has 19 heteroatoms. The second kappa shape index (κ2) is 18.4. The van der Waals surface area contributed by atoms with Gasteiger partial charge in [0, 0.05) is 30.8 Å². The number of benzene rings is 5. The summed E-state index contributed by atoms with van der Waals surface area (Å²) in [6, 6.07) is 30.0. The van der Waals surface area contributed by atoms with E-state index in [-0.39, 0.29) is 30.9 Å². The van der Waals surface area contributed by atoms with E-state index < -0.39 is 68.2 Å². The number of carbonyl (C=O) groups excluding carboxylic acids is 2. The van der Waals surface area contributed by atoms with Gasteiger partial charge in [-0.1, -0.05) is 77.8 Å². The van der Waals surface area contributed by atoms with E-state index in [4.69, 9.17) is 37.9 Å². The smallest absolute Gasteiger partial charge is 0.355 e. The number of nitrogens with zero attached hydrogens (tertiary/aromatic N) is 4. The summed E-state index contributed by atoms with van der Waals surface area (Å²) in [6.45, 7) is -0.274. The van der Waals surface area contributed by atoms with Crippen LogP contribution in [0.1, 0.15) is 39.5 Å². The van der Waals surface area contributed by atoms with Crippen LogP contribution in [0.4, 0.5) is 11.4 Å². The third-order valence-electron chi connectivity index (χ3n) is 10.9. The minimum Gasteiger partial charge on any atom is -0.489 e. The minimum atomic E-state index is -4.88. The van der Waals surface area contributed by atoms with Gasteiger partial charge in [0.25, 0.3) is 25.9 Å². The number of nitrogens with one attached hydrogen (secondary N) is 2. The number of carboxylic acid groups (broad SMARTS) is 1. The number of nitriles is 1. The predicted molar refractivity (Wildman–Crippen MR) is 235 cm³/mol. The maximum Gasteiger partial charge on any atom is 0.355 e. The molecule has 0 radical (unpaired) electrons. The van der Waals surface area contributed by atoms with Gasteiger partial charge in [-0.15, -0.1) is 0 Å². The minimum absolute atomic E-state index is 0.169. The summed E-state index contributed by atoms with van der Waals surface area (Å²) < 4.78 is 41.8. The first-order valence-electron chi connectivity index (χ1n) is 19.7. The van der Waals surface area contributed by atoms with Crippen molar-refractivity contribution in [3.05, 3.63) is 170 Å². The Bertz CT molecular complexity index is 3020. The Morgan fingerprint density at radius 2 is 1.65 bits per heavy atom. The average Bonchev–Trinajstić information content (AvgIpc) is 3.30. The lowest BCUT2D eigenvalue weighted by atomic mass is 9.93. The first kappa shape index (κ1) is 44.3. The Morgan fingerprint density at radius 3 is 2.31 bits per heavy atom. The molecule has 1 aromatic heterocycles. The van der Waals surface area contributed by atoms with Crippen molar-refractivity contribution in [3.63, 3.8) is 0 Å². The number of carbonyl (C=O) groups is 3.